The highest BCUT2D eigenvalue weighted by Crippen LogP contribution is 2.12. The van der Waals surface area contributed by atoms with Crippen LogP contribution in [0.2, 0.25) is 0 Å². The van der Waals surface area contributed by atoms with Gasteiger partial charge in [-0.05, 0) is 13.8 Å². The lowest BCUT2D eigenvalue weighted by molar-refractivity contribution is -0.117. The maximum absolute atomic E-state index is 11.2. The van der Waals surface area contributed by atoms with Gasteiger partial charge in [0.2, 0.25) is 5.91 Å². The molecule has 0 radical (unpaired) electrons. The molecule has 0 spiro atoms. The average Bonchev–Trinajstić information content (AvgIpc) is 1.82. The summed E-state index contributed by atoms with van der Waals surface area (Å²) in [4.78, 5) is 10.3. The average molecular weight is 208 g/mol. The van der Waals surface area contributed by atoms with Crippen LogP contribution >= 0.6 is 0 Å². The molecule has 0 aliphatic heterocycles. The van der Waals surface area contributed by atoms with Gasteiger partial charge in [-0.25, -0.2) is 8.42 Å². The van der Waals surface area contributed by atoms with Gasteiger partial charge in [-0.3, -0.25) is 4.79 Å². The Morgan fingerprint density at radius 2 is 1.92 bits per heavy atom. The van der Waals surface area contributed by atoms with Crippen molar-refractivity contribution in [2.75, 3.05) is 19.3 Å². The van der Waals surface area contributed by atoms with E-state index in [4.69, 9.17) is 5.73 Å². The summed E-state index contributed by atoms with van der Waals surface area (Å²) < 4.78 is 21.5. The first-order valence-electron chi connectivity index (χ1n) is 3.85. The third-order valence-electron chi connectivity index (χ3n) is 1.85. The molecule has 0 heterocycles. The molecular weight excluding hydrogens is 192 g/mol. The summed E-state index contributed by atoms with van der Waals surface area (Å²) in [5.74, 6) is -0.496. The first-order chi connectivity index (χ1) is 5.67. The van der Waals surface area contributed by atoms with Gasteiger partial charge < -0.3 is 11.1 Å². The van der Waals surface area contributed by atoms with Crippen LogP contribution in [0.4, 0.5) is 0 Å². The summed E-state index contributed by atoms with van der Waals surface area (Å²) in [6.07, 6.45) is 1.17. The molecule has 3 N–H and O–H groups in total. The van der Waals surface area contributed by atoms with Crippen LogP contribution in [0, 0.1) is 0 Å². The number of carbonyl (C=O) groups excluding carboxylic acids is 1. The zero-order valence-corrected chi connectivity index (χ0v) is 8.94. The van der Waals surface area contributed by atoms with E-state index >= 15 is 0 Å². The number of amides is 1. The number of rotatable bonds is 5. The molecule has 78 valence electrons. The van der Waals surface area contributed by atoms with E-state index in [9.17, 15) is 13.2 Å². The van der Waals surface area contributed by atoms with E-state index in [-0.39, 0.29) is 13.1 Å². The molecule has 0 aromatic rings. The van der Waals surface area contributed by atoms with E-state index in [1.54, 1.807) is 13.8 Å². The molecule has 5 nitrogen and oxygen atoms in total. The summed E-state index contributed by atoms with van der Waals surface area (Å²) in [5.41, 5.74) is 4.88. The predicted molar refractivity (Wildman–Crippen MR) is 51.0 cm³/mol. The highest BCUT2D eigenvalue weighted by Gasteiger charge is 2.29. The molecule has 0 aromatic heterocycles. The monoisotopic (exact) mass is 208 g/mol. The predicted octanol–water partition coefficient (Wildman–Crippen LogP) is -1.12. The first-order valence-corrected chi connectivity index (χ1v) is 5.74. The molecule has 0 aromatic carbocycles. The zero-order valence-electron chi connectivity index (χ0n) is 8.12. The first kappa shape index (κ1) is 12.4. The molecule has 0 saturated carbocycles. The molecule has 0 atom stereocenters. The molecule has 1 amide bonds. The number of hydrogen-bond donors (Lipinski definition) is 2. The molecule has 13 heavy (non-hydrogen) atoms. The molecule has 0 aliphatic rings. The van der Waals surface area contributed by atoms with Crippen LogP contribution in [0.5, 0.6) is 0 Å². The van der Waals surface area contributed by atoms with Crippen LogP contribution in [0.25, 0.3) is 0 Å². The van der Waals surface area contributed by atoms with Gasteiger partial charge in [-0.15, -0.1) is 0 Å². The topological polar surface area (TPSA) is 89.3 Å². The highest BCUT2D eigenvalue weighted by atomic mass is 32.2. The molecule has 0 saturated heterocycles. The SMILES string of the molecule is CC(C)(CNCC(N)=O)S(C)(=O)=O. The Balaban J connectivity index is 4.13. The maximum Gasteiger partial charge on any atom is 0.231 e. The molecular formula is C7H16N2O3S. The number of sulfone groups is 1. The third kappa shape index (κ3) is 4.23. The van der Waals surface area contributed by atoms with Crippen LogP contribution < -0.4 is 11.1 Å². The smallest absolute Gasteiger partial charge is 0.231 e. The van der Waals surface area contributed by atoms with Crippen molar-refractivity contribution in [1.82, 2.24) is 5.32 Å². The Morgan fingerprint density at radius 1 is 1.46 bits per heavy atom. The Labute approximate surface area is 78.6 Å². The summed E-state index contributed by atoms with van der Waals surface area (Å²) in [6.45, 7) is 3.40. The van der Waals surface area contributed by atoms with Crippen molar-refractivity contribution in [2.24, 2.45) is 5.73 Å². The maximum atomic E-state index is 11.2. The molecule has 0 bridgehead atoms. The highest BCUT2D eigenvalue weighted by molar-refractivity contribution is 7.92. The summed E-state index contributed by atoms with van der Waals surface area (Å²) in [6, 6.07) is 0. The van der Waals surface area contributed by atoms with Gasteiger partial charge >= 0.3 is 0 Å². The van der Waals surface area contributed by atoms with Crippen molar-refractivity contribution in [3.8, 4) is 0 Å². The third-order valence-corrected chi connectivity index (χ3v) is 4.01. The van der Waals surface area contributed by atoms with Gasteiger partial charge in [-0.1, -0.05) is 0 Å². The van der Waals surface area contributed by atoms with E-state index in [1.165, 1.54) is 6.26 Å². The van der Waals surface area contributed by atoms with Crippen LogP contribution in [0.1, 0.15) is 13.8 Å². The summed E-state index contributed by atoms with van der Waals surface area (Å²) in [7, 11) is -3.11. The normalized spacial score (nSPS) is 12.8. The molecule has 0 aliphatic carbocycles. The minimum Gasteiger partial charge on any atom is -0.369 e. The van der Waals surface area contributed by atoms with Gasteiger partial charge in [0.25, 0.3) is 0 Å². The van der Waals surface area contributed by atoms with Crippen molar-refractivity contribution in [1.29, 1.82) is 0 Å². The fourth-order valence-corrected chi connectivity index (χ4v) is 0.982. The van der Waals surface area contributed by atoms with Gasteiger partial charge in [0, 0.05) is 12.8 Å². The Hall–Kier alpha value is -0.620. The lowest BCUT2D eigenvalue weighted by atomic mass is 10.2. The molecule has 6 heteroatoms. The number of primary amides is 1. The van der Waals surface area contributed by atoms with Crippen molar-refractivity contribution in [3.05, 3.63) is 0 Å². The number of carbonyl (C=O) groups is 1. The Morgan fingerprint density at radius 3 is 2.23 bits per heavy atom. The second-order valence-corrected chi connectivity index (χ2v) is 6.25. The lowest BCUT2D eigenvalue weighted by Crippen LogP contribution is -2.44. The van der Waals surface area contributed by atoms with Gasteiger partial charge in [-0.2, -0.15) is 0 Å². The Kier molecular flexibility index (Phi) is 3.87. The number of hydrogen-bond acceptors (Lipinski definition) is 4. The second kappa shape index (κ2) is 4.06. The van der Waals surface area contributed by atoms with Crippen LogP contribution in [-0.2, 0) is 14.6 Å². The fourth-order valence-electron chi connectivity index (χ4n) is 0.618. The van der Waals surface area contributed by atoms with E-state index < -0.39 is 20.5 Å². The van der Waals surface area contributed by atoms with E-state index in [0.717, 1.165) is 0 Å². The number of nitrogens with one attached hydrogen (secondary N) is 1. The van der Waals surface area contributed by atoms with E-state index in [0.29, 0.717) is 0 Å². The minimum absolute atomic E-state index is 0.00104. The minimum atomic E-state index is -3.11. The second-order valence-electron chi connectivity index (χ2n) is 3.60. The molecule has 0 unspecified atom stereocenters. The van der Waals surface area contributed by atoms with Crippen LogP contribution in [-0.4, -0.2) is 38.4 Å². The Bertz CT molecular complexity index is 282. The quantitative estimate of drug-likeness (QED) is 0.599. The van der Waals surface area contributed by atoms with Crippen LogP contribution in [0.15, 0.2) is 0 Å². The van der Waals surface area contributed by atoms with E-state index in [1.807, 2.05) is 0 Å². The fraction of sp³-hybridized carbons (Fsp3) is 0.857. The summed E-state index contributed by atoms with van der Waals surface area (Å²) >= 11 is 0. The largest absolute Gasteiger partial charge is 0.369 e. The van der Waals surface area contributed by atoms with Crippen molar-refractivity contribution < 1.29 is 13.2 Å². The number of nitrogens with two attached hydrogens (primary N) is 1. The van der Waals surface area contributed by atoms with Gasteiger partial charge in [0.15, 0.2) is 9.84 Å². The van der Waals surface area contributed by atoms with Crippen molar-refractivity contribution in [2.45, 2.75) is 18.6 Å². The standard InChI is InChI=1S/C7H16N2O3S/c1-7(2,13(3,11)12)5-9-4-6(8)10/h9H,4-5H2,1-3H3,(H2,8,10). The van der Waals surface area contributed by atoms with Crippen molar-refractivity contribution >= 4 is 15.7 Å². The van der Waals surface area contributed by atoms with Gasteiger partial charge in [0.1, 0.15) is 0 Å². The van der Waals surface area contributed by atoms with E-state index in [2.05, 4.69) is 5.32 Å². The summed E-state index contributed by atoms with van der Waals surface area (Å²) in [5, 5.41) is 2.68. The van der Waals surface area contributed by atoms with Crippen molar-refractivity contribution in [3.63, 3.8) is 0 Å². The molecule has 0 fully saturated rings. The van der Waals surface area contributed by atoms with Gasteiger partial charge in [0.05, 0.1) is 11.3 Å². The van der Waals surface area contributed by atoms with Crippen LogP contribution in [0.3, 0.4) is 0 Å². The lowest BCUT2D eigenvalue weighted by Gasteiger charge is -2.22. The molecule has 0 rings (SSSR count). The zero-order chi connectivity index (χ0) is 10.7.